The molecular weight excluding hydrogens is 225 g/mol. The van der Waals surface area contributed by atoms with E-state index in [0.29, 0.717) is 0 Å². The van der Waals surface area contributed by atoms with Crippen molar-refractivity contribution in [2.24, 2.45) is 0 Å². The van der Waals surface area contributed by atoms with Crippen LogP contribution in [0.25, 0.3) is 0 Å². The number of rotatable bonds is 3. The van der Waals surface area contributed by atoms with Crippen LogP contribution in [0.15, 0.2) is 18.2 Å². The molecule has 6 heteroatoms. The summed E-state index contributed by atoms with van der Waals surface area (Å²) < 4.78 is 41.7. The van der Waals surface area contributed by atoms with E-state index in [1.165, 1.54) is 7.11 Å². The Labute approximate surface area is 89.5 Å². The molecule has 0 aliphatic carbocycles. The van der Waals surface area contributed by atoms with E-state index in [9.17, 15) is 18.0 Å². The molecule has 0 aliphatic heterocycles. The first-order chi connectivity index (χ1) is 7.34. The fourth-order valence-electron chi connectivity index (χ4n) is 1.23. The Kier molecular flexibility index (Phi) is 3.41. The summed E-state index contributed by atoms with van der Waals surface area (Å²) in [4.78, 5) is 10.4. The number of carboxylic acid groups (broad SMARTS) is 1. The Hall–Kier alpha value is -1.72. The summed E-state index contributed by atoms with van der Waals surface area (Å²) in [6, 6.07) is 2.73. The maximum absolute atomic E-state index is 12.3. The Morgan fingerprint density at radius 1 is 1.44 bits per heavy atom. The zero-order chi connectivity index (χ0) is 12.3. The van der Waals surface area contributed by atoms with Crippen molar-refractivity contribution in [1.82, 2.24) is 0 Å². The topological polar surface area (TPSA) is 46.5 Å². The molecule has 16 heavy (non-hydrogen) atoms. The van der Waals surface area contributed by atoms with Crippen molar-refractivity contribution in [3.8, 4) is 5.75 Å². The Bertz CT molecular complexity index is 399. The number of hydrogen-bond donors (Lipinski definition) is 1. The van der Waals surface area contributed by atoms with E-state index in [1.54, 1.807) is 0 Å². The van der Waals surface area contributed by atoms with Gasteiger partial charge in [0.25, 0.3) is 0 Å². The molecule has 0 spiro atoms. The van der Waals surface area contributed by atoms with Crippen LogP contribution in [0.1, 0.15) is 11.1 Å². The van der Waals surface area contributed by atoms with Gasteiger partial charge in [-0.2, -0.15) is 13.2 Å². The summed E-state index contributed by atoms with van der Waals surface area (Å²) >= 11 is 0. The number of hydrogen-bond acceptors (Lipinski definition) is 2. The number of carbonyl (C=O) groups is 1. The average Bonchev–Trinajstić information content (AvgIpc) is 2.15. The van der Waals surface area contributed by atoms with Crippen molar-refractivity contribution in [2.45, 2.75) is 12.6 Å². The molecule has 0 aromatic heterocycles. The highest BCUT2D eigenvalue weighted by atomic mass is 19.4. The van der Waals surface area contributed by atoms with E-state index < -0.39 is 17.7 Å². The molecule has 0 fully saturated rings. The summed E-state index contributed by atoms with van der Waals surface area (Å²) in [5.41, 5.74) is -0.651. The predicted octanol–water partition coefficient (Wildman–Crippen LogP) is 2.34. The van der Waals surface area contributed by atoms with Gasteiger partial charge in [0.2, 0.25) is 0 Å². The molecule has 1 aromatic carbocycles. The van der Waals surface area contributed by atoms with E-state index in [0.717, 1.165) is 18.2 Å². The Morgan fingerprint density at radius 3 is 2.50 bits per heavy atom. The molecule has 0 aliphatic rings. The SMILES string of the molecule is COc1cc(C(F)(F)F)ccc1CC(=O)O. The fraction of sp³-hybridized carbons (Fsp3) is 0.300. The lowest BCUT2D eigenvalue weighted by molar-refractivity contribution is -0.137. The smallest absolute Gasteiger partial charge is 0.416 e. The van der Waals surface area contributed by atoms with Gasteiger partial charge in [-0.05, 0) is 12.1 Å². The number of alkyl halides is 3. The molecule has 0 unspecified atom stereocenters. The van der Waals surface area contributed by atoms with Crippen LogP contribution in [0.2, 0.25) is 0 Å². The van der Waals surface area contributed by atoms with Crippen LogP contribution in [0, 0.1) is 0 Å². The van der Waals surface area contributed by atoms with Gasteiger partial charge < -0.3 is 9.84 Å². The van der Waals surface area contributed by atoms with E-state index >= 15 is 0 Å². The van der Waals surface area contributed by atoms with Crippen LogP contribution in [-0.4, -0.2) is 18.2 Å². The van der Waals surface area contributed by atoms with E-state index in [4.69, 9.17) is 9.84 Å². The van der Waals surface area contributed by atoms with Gasteiger partial charge in [-0.3, -0.25) is 4.79 Å². The van der Waals surface area contributed by atoms with Crippen LogP contribution >= 0.6 is 0 Å². The highest BCUT2D eigenvalue weighted by Crippen LogP contribution is 2.33. The van der Waals surface area contributed by atoms with Gasteiger partial charge in [0.1, 0.15) is 5.75 Å². The van der Waals surface area contributed by atoms with Gasteiger partial charge in [-0.25, -0.2) is 0 Å². The summed E-state index contributed by atoms with van der Waals surface area (Å²) in [6.45, 7) is 0. The van der Waals surface area contributed by atoms with E-state index in [1.807, 2.05) is 0 Å². The number of halogens is 3. The third-order valence-corrected chi connectivity index (χ3v) is 1.96. The lowest BCUT2D eigenvalue weighted by Crippen LogP contribution is -2.07. The minimum absolute atomic E-state index is 0.0720. The Balaban J connectivity index is 3.11. The average molecular weight is 234 g/mol. The number of ether oxygens (including phenoxy) is 1. The van der Waals surface area contributed by atoms with Gasteiger partial charge in [-0.1, -0.05) is 6.07 Å². The van der Waals surface area contributed by atoms with Crippen LogP contribution in [0.3, 0.4) is 0 Å². The minimum Gasteiger partial charge on any atom is -0.496 e. The molecule has 1 aromatic rings. The Morgan fingerprint density at radius 2 is 2.06 bits per heavy atom. The summed E-state index contributed by atoms with van der Waals surface area (Å²) in [6.07, 6.45) is -4.84. The third kappa shape index (κ3) is 2.88. The second-order valence-corrected chi connectivity index (χ2v) is 3.09. The quantitative estimate of drug-likeness (QED) is 0.873. The zero-order valence-corrected chi connectivity index (χ0v) is 8.34. The van der Waals surface area contributed by atoms with Gasteiger partial charge >= 0.3 is 12.1 Å². The second kappa shape index (κ2) is 4.42. The summed E-state index contributed by atoms with van der Waals surface area (Å²) in [7, 11) is 1.20. The van der Waals surface area contributed by atoms with Crippen molar-refractivity contribution in [1.29, 1.82) is 0 Å². The molecule has 0 atom stereocenters. The molecular formula is C10H9F3O3. The standard InChI is InChI=1S/C10H9F3O3/c1-16-8-5-7(10(11,12)13)3-2-6(8)4-9(14)15/h2-3,5H,4H2,1H3,(H,14,15). The molecule has 3 nitrogen and oxygen atoms in total. The highest BCUT2D eigenvalue weighted by molar-refractivity contribution is 5.71. The summed E-state index contributed by atoms with van der Waals surface area (Å²) in [5, 5.41) is 8.54. The molecule has 0 heterocycles. The predicted molar refractivity (Wildman–Crippen MR) is 49.3 cm³/mol. The maximum Gasteiger partial charge on any atom is 0.416 e. The molecule has 0 radical (unpaired) electrons. The first kappa shape index (κ1) is 12.4. The van der Waals surface area contributed by atoms with Crippen molar-refractivity contribution >= 4 is 5.97 Å². The van der Waals surface area contributed by atoms with E-state index in [-0.39, 0.29) is 17.7 Å². The molecule has 88 valence electrons. The number of aliphatic carboxylic acids is 1. The molecule has 0 amide bonds. The summed E-state index contributed by atoms with van der Waals surface area (Å²) in [5.74, 6) is -1.20. The van der Waals surface area contributed by atoms with Crippen molar-refractivity contribution in [3.05, 3.63) is 29.3 Å². The number of benzene rings is 1. The van der Waals surface area contributed by atoms with Gasteiger partial charge in [0, 0.05) is 5.56 Å². The van der Waals surface area contributed by atoms with Crippen LogP contribution in [-0.2, 0) is 17.4 Å². The normalized spacial score (nSPS) is 11.2. The molecule has 0 saturated heterocycles. The largest absolute Gasteiger partial charge is 0.496 e. The molecule has 0 saturated carbocycles. The van der Waals surface area contributed by atoms with Crippen LogP contribution < -0.4 is 4.74 Å². The van der Waals surface area contributed by atoms with Crippen LogP contribution in [0.5, 0.6) is 5.75 Å². The monoisotopic (exact) mass is 234 g/mol. The zero-order valence-electron chi connectivity index (χ0n) is 8.34. The molecule has 0 bridgehead atoms. The number of methoxy groups -OCH3 is 1. The molecule has 1 N–H and O–H groups in total. The maximum atomic E-state index is 12.3. The van der Waals surface area contributed by atoms with Crippen molar-refractivity contribution < 1.29 is 27.8 Å². The minimum atomic E-state index is -4.46. The third-order valence-electron chi connectivity index (χ3n) is 1.96. The lowest BCUT2D eigenvalue weighted by atomic mass is 10.1. The van der Waals surface area contributed by atoms with E-state index in [2.05, 4.69) is 0 Å². The van der Waals surface area contributed by atoms with Crippen molar-refractivity contribution in [2.75, 3.05) is 7.11 Å². The second-order valence-electron chi connectivity index (χ2n) is 3.09. The van der Waals surface area contributed by atoms with Gasteiger partial charge in [0.05, 0.1) is 19.1 Å². The first-order valence-electron chi connectivity index (χ1n) is 4.30. The number of carboxylic acids is 1. The highest BCUT2D eigenvalue weighted by Gasteiger charge is 2.31. The van der Waals surface area contributed by atoms with Crippen molar-refractivity contribution in [3.63, 3.8) is 0 Å². The fourth-order valence-corrected chi connectivity index (χ4v) is 1.23. The first-order valence-corrected chi connectivity index (χ1v) is 4.30. The lowest BCUT2D eigenvalue weighted by Gasteiger charge is -2.11. The van der Waals surface area contributed by atoms with Gasteiger partial charge in [-0.15, -0.1) is 0 Å². The van der Waals surface area contributed by atoms with Crippen LogP contribution in [0.4, 0.5) is 13.2 Å². The van der Waals surface area contributed by atoms with Gasteiger partial charge in [0.15, 0.2) is 0 Å². The molecule has 1 rings (SSSR count).